The van der Waals surface area contributed by atoms with Crippen LogP contribution in [-0.2, 0) is 6.18 Å². The number of nitrogens with one attached hydrogen (secondary N) is 1. The van der Waals surface area contributed by atoms with Crippen molar-refractivity contribution in [3.63, 3.8) is 0 Å². The van der Waals surface area contributed by atoms with E-state index in [2.05, 4.69) is 10.3 Å². The second-order valence-corrected chi connectivity index (χ2v) is 4.62. The SMILES string of the molecule is CC(CC1CC1)Nc1ncccc1C(F)(F)F. The van der Waals surface area contributed by atoms with E-state index < -0.39 is 11.7 Å². The molecule has 1 aromatic heterocycles. The fourth-order valence-corrected chi connectivity index (χ4v) is 1.89. The van der Waals surface area contributed by atoms with Crippen molar-refractivity contribution < 1.29 is 13.2 Å². The number of hydrogen-bond donors (Lipinski definition) is 1. The summed E-state index contributed by atoms with van der Waals surface area (Å²) in [5.74, 6) is 0.615. The minimum absolute atomic E-state index is 0.0264. The van der Waals surface area contributed by atoms with Gasteiger partial charge in [0, 0.05) is 12.2 Å². The third kappa shape index (κ3) is 3.35. The largest absolute Gasteiger partial charge is 0.419 e. The van der Waals surface area contributed by atoms with Gasteiger partial charge in [-0.2, -0.15) is 13.2 Å². The topological polar surface area (TPSA) is 24.9 Å². The Balaban J connectivity index is 2.08. The lowest BCUT2D eigenvalue weighted by Gasteiger charge is -2.17. The highest BCUT2D eigenvalue weighted by molar-refractivity contribution is 5.46. The van der Waals surface area contributed by atoms with Crippen LogP contribution >= 0.6 is 0 Å². The van der Waals surface area contributed by atoms with E-state index >= 15 is 0 Å². The molecule has 1 N–H and O–H groups in total. The molecule has 1 aliphatic carbocycles. The van der Waals surface area contributed by atoms with E-state index in [9.17, 15) is 13.2 Å². The van der Waals surface area contributed by atoms with E-state index in [0.29, 0.717) is 5.92 Å². The highest BCUT2D eigenvalue weighted by Crippen LogP contribution is 2.36. The Morgan fingerprint density at radius 3 is 2.76 bits per heavy atom. The Morgan fingerprint density at radius 2 is 2.18 bits per heavy atom. The van der Waals surface area contributed by atoms with Crippen molar-refractivity contribution in [2.75, 3.05) is 5.32 Å². The standard InChI is InChI=1S/C12H15F3N2/c1-8(7-9-4-5-9)17-11-10(12(13,14)15)3-2-6-16-11/h2-3,6,8-9H,4-5,7H2,1H3,(H,16,17). The van der Waals surface area contributed by atoms with E-state index in [0.717, 1.165) is 12.5 Å². The molecule has 1 unspecified atom stereocenters. The monoisotopic (exact) mass is 244 g/mol. The van der Waals surface area contributed by atoms with Crippen molar-refractivity contribution in [1.29, 1.82) is 0 Å². The van der Waals surface area contributed by atoms with Crippen LogP contribution in [-0.4, -0.2) is 11.0 Å². The predicted octanol–water partition coefficient (Wildman–Crippen LogP) is 3.70. The molecular weight excluding hydrogens is 229 g/mol. The number of halogens is 3. The van der Waals surface area contributed by atoms with Gasteiger partial charge in [-0.15, -0.1) is 0 Å². The van der Waals surface area contributed by atoms with Gasteiger partial charge >= 0.3 is 6.18 Å². The molecule has 5 heteroatoms. The molecule has 1 atom stereocenters. The molecule has 0 spiro atoms. The van der Waals surface area contributed by atoms with Gasteiger partial charge in [-0.05, 0) is 31.4 Å². The van der Waals surface area contributed by atoms with Gasteiger partial charge in [0.05, 0.1) is 5.56 Å². The summed E-state index contributed by atoms with van der Waals surface area (Å²) in [5.41, 5.74) is -0.692. The number of pyridine rings is 1. The molecule has 1 heterocycles. The second-order valence-electron chi connectivity index (χ2n) is 4.62. The summed E-state index contributed by atoms with van der Waals surface area (Å²) in [7, 11) is 0. The van der Waals surface area contributed by atoms with Crippen LogP contribution in [0.1, 0.15) is 31.7 Å². The molecule has 0 bridgehead atoms. The van der Waals surface area contributed by atoms with E-state index in [-0.39, 0.29) is 11.9 Å². The zero-order valence-electron chi connectivity index (χ0n) is 9.59. The average molecular weight is 244 g/mol. The minimum Gasteiger partial charge on any atom is -0.367 e. The first-order valence-electron chi connectivity index (χ1n) is 5.75. The number of nitrogens with zero attached hydrogens (tertiary/aromatic N) is 1. The van der Waals surface area contributed by atoms with E-state index in [1.807, 2.05) is 6.92 Å². The zero-order valence-corrected chi connectivity index (χ0v) is 9.59. The summed E-state index contributed by atoms with van der Waals surface area (Å²) < 4.78 is 38.1. The maximum atomic E-state index is 12.7. The molecule has 0 saturated heterocycles. The molecule has 0 aromatic carbocycles. The minimum atomic E-state index is -4.35. The molecule has 1 aliphatic rings. The van der Waals surface area contributed by atoms with Gasteiger partial charge < -0.3 is 5.32 Å². The van der Waals surface area contributed by atoms with Crippen molar-refractivity contribution in [1.82, 2.24) is 4.98 Å². The lowest BCUT2D eigenvalue weighted by atomic mass is 10.1. The summed E-state index contributed by atoms with van der Waals surface area (Å²) in [5, 5.41) is 2.86. The summed E-state index contributed by atoms with van der Waals surface area (Å²) in [6.07, 6.45) is 0.325. The van der Waals surface area contributed by atoms with Gasteiger partial charge in [0.1, 0.15) is 5.82 Å². The van der Waals surface area contributed by atoms with Crippen LogP contribution in [0.4, 0.5) is 19.0 Å². The van der Waals surface area contributed by atoms with Crippen LogP contribution in [0, 0.1) is 5.92 Å². The number of alkyl halides is 3. The van der Waals surface area contributed by atoms with Crippen LogP contribution in [0.2, 0.25) is 0 Å². The summed E-state index contributed by atoms with van der Waals surface area (Å²) >= 11 is 0. The Morgan fingerprint density at radius 1 is 1.47 bits per heavy atom. The Labute approximate surface area is 98.2 Å². The van der Waals surface area contributed by atoms with Crippen LogP contribution in [0.5, 0.6) is 0 Å². The van der Waals surface area contributed by atoms with Crippen LogP contribution in [0.25, 0.3) is 0 Å². The van der Waals surface area contributed by atoms with Crippen molar-refractivity contribution >= 4 is 5.82 Å². The van der Waals surface area contributed by atoms with Crippen molar-refractivity contribution in [2.45, 2.75) is 38.4 Å². The molecule has 17 heavy (non-hydrogen) atoms. The van der Waals surface area contributed by atoms with Crippen LogP contribution < -0.4 is 5.32 Å². The highest BCUT2D eigenvalue weighted by Gasteiger charge is 2.34. The van der Waals surface area contributed by atoms with Crippen LogP contribution in [0.3, 0.4) is 0 Å². The first kappa shape index (κ1) is 12.2. The lowest BCUT2D eigenvalue weighted by Crippen LogP contribution is -2.20. The summed E-state index contributed by atoms with van der Waals surface area (Å²) in [4.78, 5) is 3.78. The van der Waals surface area contributed by atoms with Crippen LogP contribution in [0.15, 0.2) is 18.3 Å². The lowest BCUT2D eigenvalue weighted by molar-refractivity contribution is -0.137. The smallest absolute Gasteiger partial charge is 0.367 e. The van der Waals surface area contributed by atoms with Gasteiger partial charge in [-0.25, -0.2) is 4.98 Å². The molecule has 1 aromatic rings. The molecule has 2 nitrogen and oxygen atoms in total. The Kier molecular flexibility index (Phi) is 3.26. The molecular formula is C12H15F3N2. The number of hydrogen-bond acceptors (Lipinski definition) is 2. The van der Waals surface area contributed by atoms with Crippen molar-refractivity contribution in [2.24, 2.45) is 5.92 Å². The van der Waals surface area contributed by atoms with Gasteiger partial charge in [0.25, 0.3) is 0 Å². The quantitative estimate of drug-likeness (QED) is 0.873. The van der Waals surface area contributed by atoms with Gasteiger partial charge in [-0.1, -0.05) is 12.8 Å². The second kappa shape index (κ2) is 4.55. The van der Waals surface area contributed by atoms with Crippen molar-refractivity contribution in [3.8, 4) is 0 Å². The molecule has 0 aliphatic heterocycles. The Hall–Kier alpha value is -1.26. The zero-order chi connectivity index (χ0) is 12.5. The Bertz CT molecular complexity index is 386. The van der Waals surface area contributed by atoms with Gasteiger partial charge in [0.15, 0.2) is 0 Å². The molecule has 2 rings (SSSR count). The average Bonchev–Trinajstić information content (AvgIpc) is 3.00. The molecule has 1 saturated carbocycles. The van der Waals surface area contributed by atoms with E-state index in [1.54, 1.807) is 0 Å². The maximum Gasteiger partial charge on any atom is 0.419 e. The number of rotatable bonds is 4. The summed E-state index contributed by atoms with van der Waals surface area (Å²) in [6, 6.07) is 2.39. The third-order valence-corrected chi connectivity index (χ3v) is 2.88. The number of anilines is 1. The predicted molar refractivity (Wildman–Crippen MR) is 59.7 cm³/mol. The third-order valence-electron chi connectivity index (χ3n) is 2.88. The molecule has 1 fully saturated rings. The first-order valence-corrected chi connectivity index (χ1v) is 5.75. The fourth-order valence-electron chi connectivity index (χ4n) is 1.89. The van der Waals surface area contributed by atoms with Crippen molar-refractivity contribution in [3.05, 3.63) is 23.9 Å². The summed E-state index contributed by atoms with van der Waals surface area (Å²) in [6.45, 7) is 1.90. The molecule has 0 amide bonds. The first-order chi connectivity index (χ1) is 7.97. The van der Waals surface area contributed by atoms with E-state index in [1.165, 1.54) is 25.1 Å². The fraction of sp³-hybridized carbons (Fsp3) is 0.583. The molecule has 94 valence electrons. The molecule has 0 radical (unpaired) electrons. The normalized spacial score (nSPS) is 17.9. The maximum absolute atomic E-state index is 12.7. The van der Waals surface area contributed by atoms with Gasteiger partial charge in [0.2, 0.25) is 0 Å². The van der Waals surface area contributed by atoms with E-state index in [4.69, 9.17) is 0 Å². The van der Waals surface area contributed by atoms with Gasteiger partial charge in [-0.3, -0.25) is 0 Å². The number of aromatic nitrogens is 1. The highest BCUT2D eigenvalue weighted by atomic mass is 19.4.